The summed E-state index contributed by atoms with van der Waals surface area (Å²) in [5, 5.41) is 0. The van der Waals surface area contributed by atoms with Crippen LogP contribution in [0.15, 0.2) is 23.1 Å². The van der Waals surface area contributed by atoms with Gasteiger partial charge in [0.2, 0.25) is 0 Å². The van der Waals surface area contributed by atoms with E-state index in [9.17, 15) is 4.79 Å². The third kappa shape index (κ3) is 4.20. The Balaban J connectivity index is 2.75. The lowest BCUT2D eigenvalue weighted by atomic mass is 9.84. The highest BCUT2D eigenvalue weighted by atomic mass is 16.5. The third-order valence-corrected chi connectivity index (χ3v) is 5.15. The Labute approximate surface area is 163 Å². The number of aryl methyl sites for hydroxylation is 1. The summed E-state index contributed by atoms with van der Waals surface area (Å²) in [5.41, 5.74) is 4.87. The number of pyridine rings is 1. The molecule has 0 aliphatic heterocycles. The Morgan fingerprint density at radius 2 is 1.56 bits per heavy atom. The van der Waals surface area contributed by atoms with Crippen LogP contribution in [-0.2, 0) is 12.0 Å². The van der Waals surface area contributed by atoms with Gasteiger partial charge in [0.25, 0.3) is 5.56 Å². The minimum atomic E-state index is -0.111. The highest BCUT2D eigenvalue weighted by molar-refractivity contribution is 5.72. The maximum absolute atomic E-state index is 12.6. The van der Waals surface area contributed by atoms with Crippen molar-refractivity contribution in [3.63, 3.8) is 0 Å². The van der Waals surface area contributed by atoms with E-state index in [2.05, 4.69) is 39.8 Å². The van der Waals surface area contributed by atoms with E-state index in [1.165, 1.54) is 0 Å². The average molecular weight is 372 g/mol. The first-order valence-electron chi connectivity index (χ1n) is 9.63. The molecule has 0 amide bonds. The van der Waals surface area contributed by atoms with E-state index in [-0.39, 0.29) is 11.0 Å². The molecule has 4 nitrogen and oxygen atoms in total. The summed E-state index contributed by atoms with van der Waals surface area (Å²) in [4.78, 5) is 12.6. The van der Waals surface area contributed by atoms with Crippen LogP contribution in [0.5, 0.6) is 11.5 Å². The monoisotopic (exact) mass is 371 g/mol. The van der Waals surface area contributed by atoms with E-state index in [0.29, 0.717) is 0 Å². The summed E-state index contributed by atoms with van der Waals surface area (Å²) in [7, 11) is 3.38. The van der Waals surface area contributed by atoms with Crippen LogP contribution >= 0.6 is 0 Å². The molecule has 0 aliphatic carbocycles. The van der Waals surface area contributed by atoms with E-state index in [4.69, 9.17) is 9.47 Å². The van der Waals surface area contributed by atoms with Gasteiger partial charge in [-0.2, -0.15) is 0 Å². The first-order valence-corrected chi connectivity index (χ1v) is 9.63. The van der Waals surface area contributed by atoms with Crippen LogP contribution in [0.3, 0.4) is 0 Å². The zero-order valence-electron chi connectivity index (χ0n) is 18.0. The lowest BCUT2D eigenvalue weighted by Crippen LogP contribution is -2.23. The highest BCUT2D eigenvalue weighted by Crippen LogP contribution is 2.42. The van der Waals surface area contributed by atoms with Gasteiger partial charge < -0.3 is 14.0 Å². The summed E-state index contributed by atoms with van der Waals surface area (Å²) in [6, 6.07) is 4.11. The molecule has 27 heavy (non-hydrogen) atoms. The normalized spacial score (nSPS) is 11.6. The molecule has 1 aromatic carbocycles. The zero-order chi connectivity index (χ0) is 20.4. The van der Waals surface area contributed by atoms with Gasteiger partial charge in [0, 0.05) is 29.4 Å². The van der Waals surface area contributed by atoms with Gasteiger partial charge >= 0.3 is 0 Å². The second kappa shape index (κ2) is 8.20. The third-order valence-electron chi connectivity index (χ3n) is 5.15. The maximum atomic E-state index is 12.6. The lowest BCUT2D eigenvalue weighted by molar-refractivity contribution is 0.368. The number of hydrogen-bond acceptors (Lipinski definition) is 3. The number of methoxy groups -OCH3 is 2. The van der Waals surface area contributed by atoms with Crippen molar-refractivity contribution in [2.75, 3.05) is 14.2 Å². The van der Waals surface area contributed by atoms with Crippen LogP contribution in [0.25, 0.3) is 11.1 Å². The van der Waals surface area contributed by atoms with Crippen LogP contribution in [-0.4, -0.2) is 18.8 Å². The highest BCUT2D eigenvalue weighted by Gasteiger charge is 2.25. The molecule has 0 unspecified atom stereocenters. The summed E-state index contributed by atoms with van der Waals surface area (Å²) in [5.74, 6) is 1.61. The number of rotatable bonds is 6. The molecular formula is C23H33NO3. The Bertz CT molecular complexity index is 847. The van der Waals surface area contributed by atoms with Crippen molar-refractivity contribution in [2.45, 2.75) is 66.3 Å². The van der Waals surface area contributed by atoms with Crippen molar-refractivity contribution < 1.29 is 9.47 Å². The van der Waals surface area contributed by atoms with E-state index in [0.717, 1.165) is 58.7 Å². The fraction of sp³-hybridized carbons (Fsp3) is 0.522. The first kappa shape index (κ1) is 21.1. The molecule has 0 spiro atoms. The summed E-state index contributed by atoms with van der Waals surface area (Å²) >= 11 is 0. The molecule has 0 aliphatic rings. The van der Waals surface area contributed by atoms with Crippen LogP contribution in [0.1, 0.15) is 57.2 Å². The van der Waals surface area contributed by atoms with Crippen LogP contribution in [0, 0.1) is 13.8 Å². The zero-order valence-corrected chi connectivity index (χ0v) is 18.0. The van der Waals surface area contributed by atoms with Crippen molar-refractivity contribution >= 4 is 0 Å². The number of unbranched alkanes of at least 4 members (excludes halogenated alkanes) is 1. The quantitative estimate of drug-likeness (QED) is 0.696. The molecule has 0 saturated heterocycles. The molecule has 0 fully saturated rings. The molecule has 2 aromatic rings. The number of nitrogens with zero attached hydrogens (tertiary/aromatic N) is 1. The van der Waals surface area contributed by atoms with E-state index < -0.39 is 0 Å². The molecule has 0 N–H and O–H groups in total. The smallest absolute Gasteiger partial charge is 0.253 e. The predicted molar refractivity (Wildman–Crippen MR) is 112 cm³/mol. The predicted octanol–water partition coefficient (Wildman–Crippen LogP) is 5.25. The molecule has 0 radical (unpaired) electrons. The van der Waals surface area contributed by atoms with Gasteiger partial charge in [0.15, 0.2) is 0 Å². The van der Waals surface area contributed by atoms with Gasteiger partial charge in [-0.05, 0) is 48.9 Å². The minimum Gasteiger partial charge on any atom is -0.496 e. The fourth-order valence-electron chi connectivity index (χ4n) is 3.48. The summed E-state index contributed by atoms with van der Waals surface area (Å²) in [6.07, 6.45) is 4.01. The van der Waals surface area contributed by atoms with Gasteiger partial charge in [-0.3, -0.25) is 4.79 Å². The van der Waals surface area contributed by atoms with Crippen molar-refractivity contribution in [1.82, 2.24) is 4.57 Å². The Hall–Kier alpha value is -2.23. The Morgan fingerprint density at radius 1 is 1.00 bits per heavy atom. The largest absolute Gasteiger partial charge is 0.496 e. The summed E-state index contributed by atoms with van der Waals surface area (Å²) < 4.78 is 13.3. The van der Waals surface area contributed by atoms with Crippen LogP contribution < -0.4 is 15.0 Å². The van der Waals surface area contributed by atoms with E-state index >= 15 is 0 Å². The molecule has 1 aromatic heterocycles. The lowest BCUT2D eigenvalue weighted by Gasteiger charge is -2.26. The Morgan fingerprint density at radius 3 is 2.00 bits per heavy atom. The molecular weight excluding hydrogens is 338 g/mol. The molecule has 2 rings (SSSR count). The standard InChI is InChI=1S/C23H33NO3/c1-9-10-11-24-14-18(15(2)16(3)22(24)25)17-12-19(26-7)21(23(4,5)6)20(13-17)27-8/h12-14H,9-11H2,1-8H3. The molecule has 0 bridgehead atoms. The topological polar surface area (TPSA) is 40.5 Å². The van der Waals surface area contributed by atoms with Crippen LogP contribution in [0.4, 0.5) is 0 Å². The van der Waals surface area contributed by atoms with Gasteiger partial charge in [-0.25, -0.2) is 0 Å². The van der Waals surface area contributed by atoms with Crippen molar-refractivity contribution in [3.8, 4) is 22.6 Å². The van der Waals surface area contributed by atoms with Gasteiger partial charge in [-0.15, -0.1) is 0 Å². The SMILES string of the molecule is CCCCn1cc(-c2cc(OC)c(C(C)(C)C)c(OC)c2)c(C)c(C)c1=O. The van der Waals surface area contributed by atoms with E-state index in [1.54, 1.807) is 14.2 Å². The van der Waals surface area contributed by atoms with Crippen molar-refractivity contribution in [3.05, 3.63) is 45.4 Å². The second-order valence-electron chi connectivity index (χ2n) is 8.15. The van der Waals surface area contributed by atoms with Crippen molar-refractivity contribution in [1.29, 1.82) is 0 Å². The number of ether oxygens (including phenoxy) is 2. The second-order valence-corrected chi connectivity index (χ2v) is 8.15. The van der Waals surface area contributed by atoms with Crippen molar-refractivity contribution in [2.24, 2.45) is 0 Å². The van der Waals surface area contributed by atoms with Crippen LogP contribution in [0.2, 0.25) is 0 Å². The first-order chi connectivity index (χ1) is 12.6. The molecule has 0 saturated carbocycles. The summed E-state index contributed by atoms with van der Waals surface area (Å²) in [6.45, 7) is 13.2. The number of aromatic nitrogens is 1. The molecule has 1 heterocycles. The van der Waals surface area contributed by atoms with E-state index in [1.807, 2.05) is 24.6 Å². The molecule has 148 valence electrons. The van der Waals surface area contributed by atoms with Gasteiger partial charge in [0.1, 0.15) is 11.5 Å². The molecule has 0 atom stereocenters. The van der Waals surface area contributed by atoms with Gasteiger partial charge in [-0.1, -0.05) is 34.1 Å². The fourth-order valence-corrected chi connectivity index (χ4v) is 3.48. The number of hydrogen-bond donors (Lipinski definition) is 0. The average Bonchev–Trinajstić information content (AvgIpc) is 2.63. The molecule has 4 heteroatoms. The number of benzene rings is 1. The van der Waals surface area contributed by atoms with Gasteiger partial charge in [0.05, 0.1) is 14.2 Å². The maximum Gasteiger partial charge on any atom is 0.253 e. The minimum absolute atomic E-state index is 0.0925. The Kier molecular flexibility index (Phi) is 6.40.